The molecular weight excluding hydrogens is 170 g/mol. The molecule has 1 saturated heterocycles. The lowest BCUT2D eigenvalue weighted by molar-refractivity contribution is 0.309. The third-order valence-corrected chi connectivity index (χ3v) is 2.07. The maximum absolute atomic E-state index is 4.61. The van der Waals surface area contributed by atoms with Crippen molar-refractivity contribution in [3.63, 3.8) is 0 Å². The van der Waals surface area contributed by atoms with E-state index in [4.69, 9.17) is 0 Å². The molecule has 0 amide bonds. The van der Waals surface area contributed by atoms with Gasteiger partial charge in [-0.1, -0.05) is 13.3 Å². The molecule has 0 radical (unpaired) electrons. The Morgan fingerprint density at radius 3 is 2.08 bits per heavy atom. The molecule has 1 aliphatic heterocycles. The van der Waals surface area contributed by atoms with Crippen molar-refractivity contribution in [1.29, 1.82) is 0 Å². The Morgan fingerprint density at radius 2 is 1.83 bits per heavy atom. The first-order valence-electron chi connectivity index (χ1n) is 4.55. The summed E-state index contributed by atoms with van der Waals surface area (Å²) < 4.78 is 9.22. The molecule has 0 aromatic rings. The number of nitrogens with zero attached hydrogens (tertiary/aromatic N) is 1. The summed E-state index contributed by atoms with van der Waals surface area (Å²) in [6.45, 7) is 6.31. The molecule has 12 heavy (non-hydrogen) atoms. The van der Waals surface area contributed by atoms with Crippen LogP contribution in [0.1, 0.15) is 19.8 Å². The van der Waals surface area contributed by atoms with Gasteiger partial charge in [-0.15, -0.1) is 0 Å². The van der Waals surface area contributed by atoms with Gasteiger partial charge in [0.05, 0.1) is 0 Å². The molecule has 0 spiro atoms. The molecule has 0 atom stereocenters. The van der Waals surface area contributed by atoms with Crippen LogP contribution in [-0.4, -0.2) is 48.8 Å². The Balaban J connectivity index is 0.000000217. The average Bonchev–Trinajstić information content (AvgIpc) is 2.87. The zero-order valence-corrected chi connectivity index (χ0v) is 9.92. The second-order valence-electron chi connectivity index (χ2n) is 2.89. The second-order valence-corrected chi connectivity index (χ2v) is 4.28. The summed E-state index contributed by atoms with van der Waals surface area (Å²) in [5.74, 6) is 0. The second kappa shape index (κ2) is 9.19. The third-order valence-electron chi connectivity index (χ3n) is 1.60. The maximum Gasteiger partial charge on any atom is 0.303 e. The molecule has 0 N–H and O–H groups in total. The molecule has 0 aliphatic carbocycles. The molecule has 1 aliphatic rings. The van der Waals surface area contributed by atoms with E-state index in [-0.39, 0.29) is 0 Å². The largest absolute Gasteiger partial charge is 0.402 e. The van der Waals surface area contributed by atoms with Gasteiger partial charge in [0.2, 0.25) is 0 Å². The smallest absolute Gasteiger partial charge is 0.303 e. The fraction of sp³-hybridized carbons (Fsp3) is 1.00. The van der Waals surface area contributed by atoms with E-state index in [1.165, 1.54) is 32.5 Å². The number of unbranched alkanes of at least 4 members (excludes halogenated alkanes) is 1. The third kappa shape index (κ3) is 10.1. The Labute approximate surface area is 78.1 Å². The normalized spacial score (nSPS) is 15.2. The average molecular weight is 191 g/mol. The number of hydrogen-bond acceptors (Lipinski definition) is 3. The van der Waals surface area contributed by atoms with Gasteiger partial charge in [-0.2, -0.15) is 0 Å². The molecule has 4 heteroatoms. The summed E-state index contributed by atoms with van der Waals surface area (Å²) in [5.41, 5.74) is 0. The van der Waals surface area contributed by atoms with E-state index in [1.54, 1.807) is 14.2 Å². The van der Waals surface area contributed by atoms with Gasteiger partial charge < -0.3 is 13.8 Å². The highest BCUT2D eigenvalue weighted by molar-refractivity contribution is 6.17. The monoisotopic (exact) mass is 191 g/mol. The van der Waals surface area contributed by atoms with Crippen LogP contribution in [0.4, 0.5) is 0 Å². The van der Waals surface area contributed by atoms with Gasteiger partial charge in [-0.3, -0.25) is 0 Å². The summed E-state index contributed by atoms with van der Waals surface area (Å²) in [6, 6.07) is 0. The SMILES string of the molecule is CCCCN1CC1.CO[SiH2]OC. The molecule has 3 nitrogen and oxygen atoms in total. The highest BCUT2D eigenvalue weighted by atomic mass is 28.3. The first-order valence-corrected chi connectivity index (χ1v) is 5.70. The summed E-state index contributed by atoms with van der Waals surface area (Å²) in [5, 5.41) is 0. The van der Waals surface area contributed by atoms with Gasteiger partial charge in [0.25, 0.3) is 0 Å². The molecule has 0 aromatic carbocycles. The lowest BCUT2D eigenvalue weighted by Gasteiger charge is -1.93. The lowest BCUT2D eigenvalue weighted by Crippen LogP contribution is -1.96. The van der Waals surface area contributed by atoms with E-state index >= 15 is 0 Å². The molecule has 74 valence electrons. The van der Waals surface area contributed by atoms with Gasteiger partial charge in [0, 0.05) is 27.3 Å². The molecule has 1 fully saturated rings. The maximum atomic E-state index is 4.61. The van der Waals surface area contributed by atoms with Crippen LogP contribution < -0.4 is 0 Å². The van der Waals surface area contributed by atoms with Crippen molar-refractivity contribution in [2.24, 2.45) is 0 Å². The Bertz CT molecular complexity index is 87.1. The highest BCUT2D eigenvalue weighted by Gasteiger charge is 2.14. The predicted octanol–water partition coefficient (Wildman–Crippen LogP) is 0.380. The van der Waals surface area contributed by atoms with E-state index in [9.17, 15) is 0 Å². The van der Waals surface area contributed by atoms with Crippen LogP contribution in [0.5, 0.6) is 0 Å². The Hall–Kier alpha value is 0.0969. The minimum atomic E-state index is -0.568. The summed E-state index contributed by atoms with van der Waals surface area (Å²) >= 11 is 0. The van der Waals surface area contributed by atoms with Crippen LogP contribution in [0.2, 0.25) is 0 Å². The molecule has 0 bridgehead atoms. The summed E-state index contributed by atoms with van der Waals surface area (Å²) in [7, 11) is 2.73. The zero-order valence-electron chi connectivity index (χ0n) is 8.51. The van der Waals surface area contributed by atoms with E-state index in [0.29, 0.717) is 0 Å². The number of rotatable bonds is 5. The van der Waals surface area contributed by atoms with Crippen molar-refractivity contribution in [2.75, 3.05) is 33.9 Å². The first kappa shape index (κ1) is 12.1. The molecule has 0 unspecified atom stereocenters. The minimum absolute atomic E-state index is 0.568. The van der Waals surface area contributed by atoms with Crippen molar-refractivity contribution >= 4 is 10.0 Å². The van der Waals surface area contributed by atoms with E-state index in [0.717, 1.165) is 0 Å². The highest BCUT2D eigenvalue weighted by Crippen LogP contribution is 2.03. The van der Waals surface area contributed by atoms with Crippen LogP contribution >= 0.6 is 0 Å². The fourth-order valence-electron chi connectivity index (χ4n) is 0.794. The van der Waals surface area contributed by atoms with Crippen molar-refractivity contribution in [1.82, 2.24) is 4.90 Å². The first-order chi connectivity index (χ1) is 5.85. The van der Waals surface area contributed by atoms with Crippen LogP contribution in [-0.2, 0) is 8.85 Å². The quantitative estimate of drug-likeness (QED) is 0.463. The van der Waals surface area contributed by atoms with Gasteiger partial charge in [0.1, 0.15) is 0 Å². The van der Waals surface area contributed by atoms with Crippen molar-refractivity contribution in [3.05, 3.63) is 0 Å². The molecule has 1 rings (SSSR count). The standard InChI is InChI=1S/C6H13N.C2H8O2Si/c1-2-3-4-7-5-6-7;1-3-5-4-2/h2-6H2,1H3;5H2,1-2H3. The lowest BCUT2D eigenvalue weighted by atomic mass is 10.3. The predicted molar refractivity (Wildman–Crippen MR) is 53.9 cm³/mol. The van der Waals surface area contributed by atoms with E-state index in [1.807, 2.05) is 0 Å². The Morgan fingerprint density at radius 1 is 1.25 bits per heavy atom. The van der Waals surface area contributed by atoms with Crippen LogP contribution in [0.3, 0.4) is 0 Å². The topological polar surface area (TPSA) is 21.5 Å². The zero-order chi connectivity index (χ0) is 9.23. The van der Waals surface area contributed by atoms with Gasteiger partial charge in [0.15, 0.2) is 0 Å². The molecule has 1 heterocycles. The van der Waals surface area contributed by atoms with Crippen molar-refractivity contribution in [3.8, 4) is 0 Å². The molecule has 0 saturated carbocycles. The van der Waals surface area contributed by atoms with E-state index in [2.05, 4.69) is 20.7 Å². The van der Waals surface area contributed by atoms with E-state index < -0.39 is 10.0 Å². The van der Waals surface area contributed by atoms with Crippen molar-refractivity contribution in [2.45, 2.75) is 19.8 Å². The van der Waals surface area contributed by atoms with Gasteiger partial charge in [-0.05, 0) is 13.0 Å². The van der Waals surface area contributed by atoms with Crippen molar-refractivity contribution < 1.29 is 8.85 Å². The number of hydrogen-bond donors (Lipinski definition) is 0. The Kier molecular flexibility index (Phi) is 9.26. The van der Waals surface area contributed by atoms with Crippen LogP contribution in [0.25, 0.3) is 0 Å². The van der Waals surface area contributed by atoms with Gasteiger partial charge in [-0.25, -0.2) is 0 Å². The molecule has 0 aromatic heterocycles. The molecular formula is C8H21NO2Si. The minimum Gasteiger partial charge on any atom is -0.402 e. The van der Waals surface area contributed by atoms with Crippen LogP contribution in [0.15, 0.2) is 0 Å². The summed E-state index contributed by atoms with van der Waals surface area (Å²) in [4.78, 5) is 2.46. The van der Waals surface area contributed by atoms with Gasteiger partial charge >= 0.3 is 10.0 Å². The summed E-state index contributed by atoms with van der Waals surface area (Å²) in [6.07, 6.45) is 2.73. The van der Waals surface area contributed by atoms with Crippen LogP contribution in [0, 0.1) is 0 Å². The fourth-order valence-corrected chi connectivity index (χ4v) is 1.03.